The van der Waals surface area contributed by atoms with E-state index in [1.807, 2.05) is 0 Å². The predicted molar refractivity (Wildman–Crippen MR) is 65.9 cm³/mol. The Morgan fingerprint density at radius 3 is 2.28 bits per heavy atom. The molecule has 0 aromatic heterocycles. The molecule has 7 heteroatoms. The third-order valence-electron chi connectivity index (χ3n) is 3.21. The van der Waals surface area contributed by atoms with Crippen molar-refractivity contribution in [1.29, 1.82) is 0 Å². The van der Waals surface area contributed by atoms with Gasteiger partial charge >= 0.3 is 5.97 Å². The van der Waals surface area contributed by atoms with Gasteiger partial charge in [-0.25, -0.2) is 8.42 Å². The van der Waals surface area contributed by atoms with Gasteiger partial charge in [-0.1, -0.05) is 6.92 Å². The Bertz CT molecular complexity index is 409. The maximum atomic E-state index is 11.7. The second kappa shape index (κ2) is 6.17. The summed E-state index contributed by atoms with van der Waals surface area (Å²) in [6, 6.07) is 0. The minimum absolute atomic E-state index is 0.0335. The van der Waals surface area contributed by atoms with E-state index in [1.165, 1.54) is 11.8 Å². The van der Waals surface area contributed by atoms with Gasteiger partial charge < -0.3 is 10.0 Å². The topological polar surface area (TPSA) is 91.8 Å². The van der Waals surface area contributed by atoms with Crippen molar-refractivity contribution in [1.82, 2.24) is 4.90 Å². The molecule has 1 saturated heterocycles. The van der Waals surface area contributed by atoms with Crippen molar-refractivity contribution in [3.8, 4) is 0 Å². The number of amides is 1. The third kappa shape index (κ3) is 4.64. The number of carboxylic acid groups (broad SMARTS) is 1. The first-order valence-corrected chi connectivity index (χ1v) is 7.86. The molecular weight excluding hydrogens is 258 g/mol. The minimum atomic E-state index is -3.29. The summed E-state index contributed by atoms with van der Waals surface area (Å²) in [7, 11) is -3.29. The SMILES string of the molecule is CCS(=O)(=O)CC(=O)N1CCC(CC(=O)O)CC1. The number of likely N-dealkylation sites (tertiary alicyclic amines) is 1. The number of nitrogens with zero attached hydrogens (tertiary/aromatic N) is 1. The van der Waals surface area contributed by atoms with Crippen molar-refractivity contribution in [2.75, 3.05) is 24.6 Å². The van der Waals surface area contributed by atoms with Gasteiger partial charge in [0.1, 0.15) is 5.75 Å². The van der Waals surface area contributed by atoms with Crippen molar-refractivity contribution in [3.05, 3.63) is 0 Å². The molecule has 1 aliphatic heterocycles. The van der Waals surface area contributed by atoms with Crippen LogP contribution in [0.25, 0.3) is 0 Å². The van der Waals surface area contributed by atoms with Crippen molar-refractivity contribution in [2.45, 2.75) is 26.2 Å². The maximum absolute atomic E-state index is 11.7. The highest BCUT2D eigenvalue weighted by Gasteiger charge is 2.26. The largest absolute Gasteiger partial charge is 0.481 e. The summed E-state index contributed by atoms with van der Waals surface area (Å²) in [5.41, 5.74) is 0. The van der Waals surface area contributed by atoms with E-state index in [0.717, 1.165) is 0 Å². The first kappa shape index (κ1) is 14.9. The van der Waals surface area contributed by atoms with Crippen molar-refractivity contribution < 1.29 is 23.1 Å². The van der Waals surface area contributed by atoms with Crippen LogP contribution in [0.4, 0.5) is 0 Å². The quantitative estimate of drug-likeness (QED) is 0.771. The first-order chi connectivity index (χ1) is 8.34. The van der Waals surface area contributed by atoms with Gasteiger partial charge in [0.2, 0.25) is 5.91 Å². The number of carbonyl (C=O) groups excluding carboxylic acids is 1. The van der Waals surface area contributed by atoms with Crippen LogP contribution in [0.3, 0.4) is 0 Å². The average molecular weight is 277 g/mol. The lowest BCUT2D eigenvalue weighted by molar-refractivity contribution is -0.138. The molecule has 0 aromatic carbocycles. The van der Waals surface area contributed by atoms with Crippen LogP contribution in [0, 0.1) is 5.92 Å². The number of carbonyl (C=O) groups is 2. The summed E-state index contributed by atoms with van der Waals surface area (Å²) >= 11 is 0. The number of hydrogen-bond donors (Lipinski definition) is 1. The lowest BCUT2D eigenvalue weighted by atomic mass is 9.94. The Labute approximate surface area is 107 Å². The molecule has 1 heterocycles. The smallest absolute Gasteiger partial charge is 0.303 e. The molecule has 1 fully saturated rings. The summed E-state index contributed by atoms with van der Waals surface area (Å²) in [4.78, 5) is 23.8. The van der Waals surface area contributed by atoms with Crippen molar-refractivity contribution in [3.63, 3.8) is 0 Å². The Hall–Kier alpha value is -1.11. The van der Waals surface area contributed by atoms with Crippen LogP contribution in [-0.2, 0) is 19.4 Å². The summed E-state index contributed by atoms with van der Waals surface area (Å²) < 4.78 is 22.7. The first-order valence-electron chi connectivity index (χ1n) is 6.04. The minimum Gasteiger partial charge on any atom is -0.481 e. The predicted octanol–water partition coefficient (Wildman–Crippen LogP) is 0.134. The van der Waals surface area contributed by atoms with Crippen molar-refractivity contribution in [2.24, 2.45) is 5.92 Å². The van der Waals surface area contributed by atoms with E-state index in [2.05, 4.69) is 0 Å². The Kier molecular flexibility index (Phi) is 5.13. The molecule has 0 bridgehead atoms. The van der Waals surface area contributed by atoms with E-state index in [0.29, 0.717) is 25.9 Å². The molecule has 0 aromatic rings. The Morgan fingerprint density at radius 1 is 1.28 bits per heavy atom. The molecule has 1 aliphatic rings. The van der Waals surface area contributed by atoms with Crippen LogP contribution < -0.4 is 0 Å². The van der Waals surface area contributed by atoms with E-state index < -0.39 is 21.6 Å². The molecule has 0 atom stereocenters. The average Bonchev–Trinajstić information content (AvgIpc) is 2.28. The molecule has 1 rings (SSSR count). The molecule has 1 N–H and O–H groups in total. The van der Waals surface area contributed by atoms with E-state index in [4.69, 9.17) is 5.11 Å². The monoisotopic (exact) mass is 277 g/mol. The fourth-order valence-corrected chi connectivity index (χ4v) is 2.78. The van der Waals surface area contributed by atoms with Crippen LogP contribution in [-0.4, -0.2) is 54.9 Å². The highest BCUT2D eigenvalue weighted by atomic mass is 32.2. The second-order valence-electron chi connectivity index (χ2n) is 4.60. The lowest BCUT2D eigenvalue weighted by Crippen LogP contribution is -2.41. The molecule has 0 unspecified atom stereocenters. The molecule has 1 amide bonds. The molecule has 104 valence electrons. The maximum Gasteiger partial charge on any atom is 0.303 e. The number of carboxylic acids is 1. The molecule has 0 radical (unpaired) electrons. The Balaban J connectivity index is 2.43. The number of aliphatic carboxylic acids is 1. The molecule has 0 spiro atoms. The van der Waals surface area contributed by atoms with Gasteiger partial charge in [-0.3, -0.25) is 9.59 Å². The highest BCUT2D eigenvalue weighted by Crippen LogP contribution is 2.20. The lowest BCUT2D eigenvalue weighted by Gasteiger charge is -2.31. The van der Waals surface area contributed by atoms with Crippen molar-refractivity contribution >= 4 is 21.7 Å². The van der Waals surface area contributed by atoms with Crippen LogP contribution in [0.2, 0.25) is 0 Å². The number of hydrogen-bond acceptors (Lipinski definition) is 4. The van der Waals surface area contributed by atoms with Crippen LogP contribution in [0.1, 0.15) is 26.2 Å². The fraction of sp³-hybridized carbons (Fsp3) is 0.818. The van der Waals surface area contributed by atoms with E-state index in [9.17, 15) is 18.0 Å². The number of rotatable bonds is 5. The Morgan fingerprint density at radius 2 is 1.83 bits per heavy atom. The molecule has 6 nitrogen and oxygen atoms in total. The van der Waals surface area contributed by atoms with Gasteiger partial charge in [-0.15, -0.1) is 0 Å². The number of sulfone groups is 1. The number of piperidine rings is 1. The van der Waals surface area contributed by atoms with Crippen LogP contribution in [0.5, 0.6) is 0 Å². The fourth-order valence-electron chi connectivity index (χ4n) is 2.01. The van der Waals surface area contributed by atoms with E-state index in [1.54, 1.807) is 0 Å². The normalized spacial score (nSPS) is 17.7. The molecule has 18 heavy (non-hydrogen) atoms. The van der Waals surface area contributed by atoms with Gasteiger partial charge in [0.05, 0.1) is 0 Å². The summed E-state index contributed by atoms with van der Waals surface area (Å²) in [5.74, 6) is -1.57. The van der Waals surface area contributed by atoms with Crippen LogP contribution >= 0.6 is 0 Å². The van der Waals surface area contributed by atoms with Crippen LogP contribution in [0.15, 0.2) is 0 Å². The van der Waals surface area contributed by atoms with Gasteiger partial charge in [0.25, 0.3) is 0 Å². The van der Waals surface area contributed by atoms with Gasteiger partial charge in [-0.05, 0) is 18.8 Å². The zero-order valence-corrected chi connectivity index (χ0v) is 11.3. The summed E-state index contributed by atoms with van der Waals surface area (Å²) in [6.45, 7) is 2.42. The van der Waals surface area contributed by atoms with E-state index in [-0.39, 0.29) is 24.0 Å². The zero-order valence-electron chi connectivity index (χ0n) is 10.5. The third-order valence-corrected chi connectivity index (χ3v) is 4.78. The molecule has 0 saturated carbocycles. The molecule has 0 aliphatic carbocycles. The van der Waals surface area contributed by atoms with Gasteiger partial charge in [-0.2, -0.15) is 0 Å². The van der Waals surface area contributed by atoms with Gasteiger partial charge in [0.15, 0.2) is 9.84 Å². The summed E-state index contributed by atoms with van der Waals surface area (Å²) in [5, 5.41) is 8.67. The standard InChI is InChI=1S/C11H19NO5S/c1-2-18(16,17)8-10(13)12-5-3-9(4-6-12)7-11(14)15/h9H,2-8H2,1H3,(H,14,15). The molecular formula is C11H19NO5S. The zero-order chi connectivity index (χ0) is 13.8. The van der Waals surface area contributed by atoms with E-state index >= 15 is 0 Å². The summed E-state index contributed by atoms with van der Waals surface area (Å²) in [6.07, 6.45) is 1.38. The van der Waals surface area contributed by atoms with Gasteiger partial charge in [0, 0.05) is 25.3 Å². The second-order valence-corrected chi connectivity index (χ2v) is 6.95. The highest BCUT2D eigenvalue weighted by molar-refractivity contribution is 7.92.